The van der Waals surface area contributed by atoms with Crippen molar-refractivity contribution in [3.8, 4) is 11.1 Å². The number of aryl methyl sites for hydroxylation is 1. The lowest BCUT2D eigenvalue weighted by Gasteiger charge is -2.22. The Balaban J connectivity index is 2.11. The van der Waals surface area contributed by atoms with Gasteiger partial charge in [-0.2, -0.15) is 0 Å². The molecule has 0 amide bonds. The van der Waals surface area contributed by atoms with Crippen LogP contribution in [-0.2, 0) is 16.0 Å². The minimum atomic E-state index is -0.619. The molecule has 2 nitrogen and oxygen atoms in total. The van der Waals surface area contributed by atoms with E-state index in [1.807, 2.05) is 31.2 Å². The predicted molar refractivity (Wildman–Crippen MR) is 95.8 cm³/mol. The van der Waals surface area contributed by atoms with Gasteiger partial charge in [-0.1, -0.05) is 42.3 Å². The smallest absolute Gasteiger partial charge is 0.147 e. The van der Waals surface area contributed by atoms with Gasteiger partial charge in [-0.05, 0) is 41.7 Å². The summed E-state index contributed by atoms with van der Waals surface area (Å²) in [5.41, 5.74) is 3.62. The van der Waals surface area contributed by atoms with Crippen LogP contribution < -0.4 is 0 Å². The Morgan fingerprint density at radius 1 is 1.13 bits per heavy atom. The Morgan fingerprint density at radius 3 is 2.39 bits per heavy atom. The number of ketones is 2. The van der Waals surface area contributed by atoms with Crippen LogP contribution in [0.25, 0.3) is 11.1 Å². The van der Waals surface area contributed by atoms with Crippen LogP contribution in [0.15, 0.2) is 24.3 Å². The zero-order valence-corrected chi connectivity index (χ0v) is 15.0. The highest BCUT2D eigenvalue weighted by atomic mass is 35.5. The van der Waals surface area contributed by atoms with Crippen LogP contribution in [-0.4, -0.2) is 11.6 Å². The van der Waals surface area contributed by atoms with Crippen LogP contribution >= 0.6 is 34.5 Å². The zero-order valence-electron chi connectivity index (χ0n) is 12.7. The van der Waals surface area contributed by atoms with Crippen LogP contribution in [0.3, 0.4) is 0 Å². The van der Waals surface area contributed by atoms with Gasteiger partial charge in [-0.3, -0.25) is 9.59 Å². The summed E-state index contributed by atoms with van der Waals surface area (Å²) in [6.45, 7) is 2.03. The van der Waals surface area contributed by atoms with Gasteiger partial charge in [0.25, 0.3) is 0 Å². The lowest BCUT2D eigenvalue weighted by atomic mass is 9.79. The van der Waals surface area contributed by atoms with Gasteiger partial charge in [0.05, 0.1) is 4.34 Å². The largest absolute Gasteiger partial charge is 0.299 e. The fraction of sp³-hybridized carbons (Fsp3) is 0.333. The molecule has 1 aromatic heterocycles. The second-order valence-electron chi connectivity index (χ2n) is 5.72. The maximum absolute atomic E-state index is 12.3. The Labute approximate surface area is 149 Å². The molecule has 1 heterocycles. The molecule has 3 rings (SSSR count). The summed E-state index contributed by atoms with van der Waals surface area (Å²) in [7, 11) is 0. The first-order chi connectivity index (χ1) is 11.0. The van der Waals surface area contributed by atoms with Crippen LogP contribution in [0.5, 0.6) is 0 Å². The highest BCUT2D eigenvalue weighted by Gasteiger charge is 2.32. The second kappa shape index (κ2) is 6.76. The number of Topliss-reactive ketones (excluding diaryl/α,β-unsaturated/α-hetero) is 2. The quantitative estimate of drug-likeness (QED) is 0.653. The standard InChI is InChI=1S/C18H16Cl2O2S/c1-2-10-6-7-11(13-9-16(19)23-18(13)20)8-12(10)17-14(21)4-3-5-15(17)22/h6-9,17H,2-5H2,1H3. The van der Waals surface area contributed by atoms with Crippen LogP contribution in [0.4, 0.5) is 0 Å². The molecule has 0 radical (unpaired) electrons. The Kier molecular flexibility index (Phi) is 4.90. The molecule has 5 heteroatoms. The lowest BCUT2D eigenvalue weighted by molar-refractivity contribution is -0.131. The average Bonchev–Trinajstić information content (AvgIpc) is 2.85. The van der Waals surface area contributed by atoms with Crippen molar-refractivity contribution in [3.05, 3.63) is 44.1 Å². The van der Waals surface area contributed by atoms with Crippen molar-refractivity contribution >= 4 is 46.1 Å². The van der Waals surface area contributed by atoms with Gasteiger partial charge in [0.2, 0.25) is 0 Å². The first-order valence-corrected chi connectivity index (χ1v) is 9.22. The monoisotopic (exact) mass is 366 g/mol. The molecule has 0 spiro atoms. The third-order valence-corrected chi connectivity index (χ3v) is 5.78. The highest BCUT2D eigenvalue weighted by molar-refractivity contribution is 7.20. The number of rotatable bonds is 3. The van der Waals surface area contributed by atoms with E-state index in [2.05, 4.69) is 0 Å². The van der Waals surface area contributed by atoms with E-state index >= 15 is 0 Å². The van der Waals surface area contributed by atoms with E-state index < -0.39 is 5.92 Å². The van der Waals surface area contributed by atoms with Gasteiger partial charge in [0.1, 0.15) is 21.8 Å². The van der Waals surface area contributed by atoms with Crippen molar-refractivity contribution in [2.75, 3.05) is 0 Å². The van der Waals surface area contributed by atoms with Crippen molar-refractivity contribution in [1.82, 2.24) is 0 Å². The normalized spacial score (nSPS) is 16.1. The van der Waals surface area contributed by atoms with E-state index in [0.29, 0.717) is 27.9 Å². The molecule has 0 aliphatic heterocycles. The first-order valence-electron chi connectivity index (χ1n) is 7.64. The van der Waals surface area contributed by atoms with E-state index in [-0.39, 0.29) is 11.6 Å². The summed E-state index contributed by atoms with van der Waals surface area (Å²) in [4.78, 5) is 24.7. The third-order valence-electron chi connectivity index (χ3n) is 4.30. The third kappa shape index (κ3) is 3.23. The molecule has 0 atom stereocenters. The molecule has 23 heavy (non-hydrogen) atoms. The van der Waals surface area contributed by atoms with E-state index in [4.69, 9.17) is 23.2 Å². The highest BCUT2D eigenvalue weighted by Crippen LogP contribution is 2.40. The number of benzene rings is 1. The van der Waals surface area contributed by atoms with Gasteiger partial charge in [-0.25, -0.2) is 0 Å². The van der Waals surface area contributed by atoms with Gasteiger partial charge < -0.3 is 0 Å². The number of halogens is 2. The van der Waals surface area contributed by atoms with Crippen LogP contribution in [0.1, 0.15) is 43.2 Å². The minimum absolute atomic E-state index is 0.0301. The molecule has 120 valence electrons. The molecule has 0 bridgehead atoms. The van der Waals surface area contributed by atoms with Gasteiger partial charge in [0.15, 0.2) is 0 Å². The lowest BCUT2D eigenvalue weighted by Crippen LogP contribution is -2.27. The maximum Gasteiger partial charge on any atom is 0.147 e. The fourth-order valence-corrected chi connectivity index (χ4v) is 4.65. The predicted octanol–water partition coefficient (Wildman–Crippen LogP) is 5.69. The summed E-state index contributed by atoms with van der Waals surface area (Å²) in [6, 6.07) is 7.73. The summed E-state index contributed by atoms with van der Waals surface area (Å²) in [6.07, 6.45) is 2.41. The van der Waals surface area contributed by atoms with Crippen LogP contribution in [0, 0.1) is 0 Å². The van der Waals surface area contributed by atoms with Gasteiger partial charge in [-0.15, -0.1) is 11.3 Å². The topological polar surface area (TPSA) is 34.1 Å². The first kappa shape index (κ1) is 16.7. The van der Waals surface area contributed by atoms with Gasteiger partial charge in [0, 0.05) is 18.4 Å². The molecule has 0 saturated heterocycles. The Hall–Kier alpha value is -1.16. The zero-order chi connectivity index (χ0) is 16.6. The molecule has 2 aromatic rings. The Bertz CT molecular complexity index is 763. The molecule has 1 fully saturated rings. The minimum Gasteiger partial charge on any atom is -0.299 e. The second-order valence-corrected chi connectivity index (χ2v) is 8.01. The van der Waals surface area contributed by atoms with E-state index in [1.165, 1.54) is 11.3 Å². The molecular weight excluding hydrogens is 351 g/mol. The number of hydrogen-bond donors (Lipinski definition) is 0. The maximum atomic E-state index is 12.3. The number of carbonyl (C=O) groups excluding carboxylic acids is 2. The molecule has 1 aliphatic carbocycles. The average molecular weight is 367 g/mol. The molecule has 1 saturated carbocycles. The number of hydrogen-bond acceptors (Lipinski definition) is 3. The summed E-state index contributed by atoms with van der Waals surface area (Å²) >= 11 is 13.6. The van der Waals surface area contributed by atoms with E-state index in [1.54, 1.807) is 0 Å². The molecule has 1 aliphatic rings. The van der Waals surface area contributed by atoms with Crippen LogP contribution in [0.2, 0.25) is 8.67 Å². The number of thiophene rings is 1. The summed E-state index contributed by atoms with van der Waals surface area (Å²) < 4.78 is 1.24. The van der Waals surface area contributed by atoms with Crippen molar-refractivity contribution in [2.45, 2.75) is 38.5 Å². The van der Waals surface area contributed by atoms with Crippen molar-refractivity contribution in [1.29, 1.82) is 0 Å². The van der Waals surface area contributed by atoms with Gasteiger partial charge >= 0.3 is 0 Å². The molecule has 1 aromatic carbocycles. The van der Waals surface area contributed by atoms with Crippen molar-refractivity contribution in [3.63, 3.8) is 0 Å². The molecular formula is C18H16Cl2O2S. The van der Waals surface area contributed by atoms with Crippen molar-refractivity contribution in [2.24, 2.45) is 0 Å². The van der Waals surface area contributed by atoms with Crippen molar-refractivity contribution < 1.29 is 9.59 Å². The molecule has 0 unspecified atom stereocenters. The fourth-order valence-electron chi connectivity index (χ4n) is 3.14. The number of carbonyl (C=O) groups is 2. The molecule has 0 N–H and O–H groups in total. The van der Waals surface area contributed by atoms with E-state index in [0.717, 1.165) is 28.7 Å². The summed E-state index contributed by atoms with van der Waals surface area (Å²) in [5.74, 6) is -0.559. The van der Waals surface area contributed by atoms with E-state index in [9.17, 15) is 9.59 Å². The summed E-state index contributed by atoms with van der Waals surface area (Å²) in [5, 5.41) is 0. The SMILES string of the molecule is CCc1ccc(-c2cc(Cl)sc2Cl)cc1C1C(=O)CCCC1=O. The Morgan fingerprint density at radius 2 is 1.83 bits per heavy atom.